The van der Waals surface area contributed by atoms with Crippen LogP contribution in [0.4, 0.5) is 0 Å². The highest BCUT2D eigenvalue weighted by molar-refractivity contribution is 6.35. The summed E-state index contributed by atoms with van der Waals surface area (Å²) < 4.78 is 0. The number of fused-ring (bicyclic) bond motifs is 2. The maximum Gasteiger partial charge on any atom is 0.252 e. The number of ketones is 1. The van der Waals surface area contributed by atoms with Crippen molar-refractivity contribution in [3.05, 3.63) is 75.4 Å². The third-order valence-corrected chi connectivity index (χ3v) is 8.94. The van der Waals surface area contributed by atoms with Crippen LogP contribution in [0.15, 0.2) is 42.5 Å². The van der Waals surface area contributed by atoms with E-state index in [0.29, 0.717) is 22.0 Å². The van der Waals surface area contributed by atoms with E-state index < -0.39 is 0 Å². The van der Waals surface area contributed by atoms with Gasteiger partial charge >= 0.3 is 0 Å². The Bertz CT molecular complexity index is 1360. The first-order valence-electron chi connectivity index (χ1n) is 14.5. The molecule has 2 aromatic carbocycles. The molecule has 3 aromatic rings. The van der Waals surface area contributed by atoms with Crippen molar-refractivity contribution in [3.8, 4) is 0 Å². The van der Waals surface area contributed by atoms with E-state index >= 15 is 0 Å². The zero-order valence-corrected chi connectivity index (χ0v) is 24.2. The average molecular weight is 546 g/mol. The van der Waals surface area contributed by atoms with Crippen molar-refractivity contribution >= 4 is 34.2 Å². The summed E-state index contributed by atoms with van der Waals surface area (Å²) in [5, 5.41) is 4.66. The van der Waals surface area contributed by atoms with Gasteiger partial charge in [-0.15, -0.1) is 0 Å². The number of aromatic nitrogens is 1. The van der Waals surface area contributed by atoms with E-state index in [4.69, 9.17) is 11.6 Å². The van der Waals surface area contributed by atoms with Gasteiger partial charge in [0.15, 0.2) is 5.78 Å². The Morgan fingerprint density at radius 2 is 1.74 bits per heavy atom. The summed E-state index contributed by atoms with van der Waals surface area (Å²) in [7, 11) is 0. The lowest BCUT2D eigenvalue weighted by atomic mass is 9.84. The van der Waals surface area contributed by atoms with Gasteiger partial charge in [-0.3, -0.25) is 14.6 Å². The Hall–Kier alpha value is -2.76. The van der Waals surface area contributed by atoms with Gasteiger partial charge in [-0.2, -0.15) is 0 Å². The van der Waals surface area contributed by atoms with E-state index in [1.807, 2.05) is 45.0 Å². The highest BCUT2D eigenvalue weighted by Gasteiger charge is 2.25. The first-order valence-corrected chi connectivity index (χ1v) is 14.9. The minimum Gasteiger partial charge on any atom is -0.349 e. The fraction of sp³-hybridized carbons (Fsp3) is 0.485. The molecular weight excluding hydrogens is 506 g/mol. The van der Waals surface area contributed by atoms with Crippen LogP contribution in [0.1, 0.15) is 83.5 Å². The Labute approximate surface area is 237 Å². The summed E-state index contributed by atoms with van der Waals surface area (Å²) in [6.45, 7) is 9.13. The van der Waals surface area contributed by atoms with Crippen molar-refractivity contribution in [3.63, 3.8) is 0 Å². The number of carbonyl (C=O) groups is 2. The van der Waals surface area contributed by atoms with Crippen molar-refractivity contribution in [1.29, 1.82) is 0 Å². The number of aryl methyl sites for hydroxylation is 1. The standard InChI is InChI=1S/C33H40ClN3O2/c1-21(2)32(38)26-8-7-24-15-18-37(19-16-25(24)20-26)17-14-23-5-9-27(10-6-23)36-33(39)29-12-13-30(34)31-28(29)11-4-22(3)35-31/h4,7-8,11-13,20-21,23,27H,5-6,9-10,14-19H2,1-3H3,(H,36,39)/t23-,27-. The summed E-state index contributed by atoms with van der Waals surface area (Å²) in [5.41, 5.74) is 5.82. The number of hydrogen-bond acceptors (Lipinski definition) is 4. The van der Waals surface area contributed by atoms with Gasteiger partial charge in [-0.05, 0) is 99.7 Å². The van der Waals surface area contributed by atoms with Crippen LogP contribution in [0.5, 0.6) is 0 Å². The zero-order chi connectivity index (χ0) is 27.5. The van der Waals surface area contributed by atoms with Crippen LogP contribution < -0.4 is 5.32 Å². The second kappa shape index (κ2) is 12.2. The monoisotopic (exact) mass is 545 g/mol. The van der Waals surface area contributed by atoms with Crippen LogP contribution in [0.3, 0.4) is 0 Å². The molecule has 0 radical (unpaired) electrons. The third-order valence-electron chi connectivity index (χ3n) is 8.64. The minimum absolute atomic E-state index is 0.0341. The molecule has 5 rings (SSSR count). The first-order chi connectivity index (χ1) is 18.8. The van der Waals surface area contributed by atoms with Crippen molar-refractivity contribution in [2.75, 3.05) is 19.6 Å². The number of amides is 1. The smallest absolute Gasteiger partial charge is 0.252 e. The molecule has 1 fully saturated rings. The molecule has 2 heterocycles. The molecule has 1 aromatic heterocycles. The van der Waals surface area contributed by atoms with Crippen LogP contribution >= 0.6 is 11.6 Å². The lowest BCUT2D eigenvalue weighted by Gasteiger charge is -2.31. The lowest BCUT2D eigenvalue weighted by Crippen LogP contribution is -2.38. The van der Waals surface area contributed by atoms with E-state index in [-0.39, 0.29) is 23.7 Å². The highest BCUT2D eigenvalue weighted by atomic mass is 35.5. The van der Waals surface area contributed by atoms with Crippen LogP contribution in [-0.2, 0) is 12.8 Å². The molecule has 0 saturated heterocycles. The maximum absolute atomic E-state index is 13.1. The number of benzene rings is 2. The van der Waals surface area contributed by atoms with E-state index in [1.54, 1.807) is 6.07 Å². The van der Waals surface area contributed by atoms with E-state index in [9.17, 15) is 9.59 Å². The van der Waals surface area contributed by atoms with E-state index in [2.05, 4.69) is 27.3 Å². The van der Waals surface area contributed by atoms with E-state index in [1.165, 1.54) is 17.5 Å². The van der Waals surface area contributed by atoms with Gasteiger partial charge in [-0.25, -0.2) is 0 Å². The van der Waals surface area contributed by atoms with Gasteiger partial charge in [0, 0.05) is 47.3 Å². The average Bonchev–Trinajstić information content (AvgIpc) is 3.14. The van der Waals surface area contributed by atoms with Crippen molar-refractivity contribution in [2.24, 2.45) is 11.8 Å². The molecule has 206 valence electrons. The Morgan fingerprint density at radius 1 is 1.00 bits per heavy atom. The summed E-state index contributed by atoms with van der Waals surface area (Å²) in [5.74, 6) is 0.947. The lowest BCUT2D eigenvalue weighted by molar-refractivity contribution is 0.0918. The fourth-order valence-corrected chi connectivity index (χ4v) is 6.39. The number of nitrogens with one attached hydrogen (secondary N) is 1. The van der Waals surface area contributed by atoms with Gasteiger partial charge in [0.05, 0.1) is 10.5 Å². The maximum atomic E-state index is 13.1. The summed E-state index contributed by atoms with van der Waals surface area (Å²) in [6.07, 6.45) is 7.64. The molecule has 1 saturated carbocycles. The molecule has 0 atom stereocenters. The number of carbonyl (C=O) groups excluding carboxylic acids is 2. The number of Topliss-reactive ketones (excluding diaryl/α,β-unsaturated/α-hetero) is 1. The van der Waals surface area contributed by atoms with Gasteiger partial charge in [-0.1, -0.05) is 43.6 Å². The Kier molecular flexibility index (Phi) is 8.68. The molecule has 6 heteroatoms. The second-order valence-corrected chi connectivity index (χ2v) is 12.2. The van der Waals surface area contributed by atoms with Crippen molar-refractivity contribution in [2.45, 2.75) is 71.8 Å². The third kappa shape index (κ3) is 6.53. The van der Waals surface area contributed by atoms with Crippen LogP contribution in [0, 0.1) is 18.8 Å². The molecule has 1 aliphatic heterocycles. The van der Waals surface area contributed by atoms with Crippen molar-refractivity contribution in [1.82, 2.24) is 15.2 Å². The van der Waals surface area contributed by atoms with Crippen LogP contribution in [0.2, 0.25) is 5.02 Å². The number of rotatable bonds is 7. The van der Waals surface area contributed by atoms with Crippen molar-refractivity contribution < 1.29 is 9.59 Å². The number of halogens is 1. The van der Waals surface area contributed by atoms with Gasteiger partial charge in [0.25, 0.3) is 5.91 Å². The van der Waals surface area contributed by atoms with Crippen LogP contribution in [0.25, 0.3) is 10.9 Å². The molecule has 2 aliphatic rings. The topological polar surface area (TPSA) is 62.3 Å². The molecular formula is C33H40ClN3O2. The normalized spacial score (nSPS) is 20.0. The molecule has 5 nitrogen and oxygen atoms in total. The molecule has 0 unspecified atom stereocenters. The number of pyridine rings is 1. The highest BCUT2D eigenvalue weighted by Crippen LogP contribution is 2.29. The largest absolute Gasteiger partial charge is 0.349 e. The molecule has 39 heavy (non-hydrogen) atoms. The predicted octanol–water partition coefficient (Wildman–Crippen LogP) is 6.81. The zero-order valence-electron chi connectivity index (χ0n) is 23.4. The molecule has 0 spiro atoms. The molecule has 1 aliphatic carbocycles. The SMILES string of the molecule is Cc1ccc2c(C(=O)N[C@H]3CC[C@H](CCN4CCc5ccc(C(=O)C(C)C)cc5CC4)CC3)ccc(Cl)c2n1. The quantitative estimate of drug-likeness (QED) is 0.331. The van der Waals surface area contributed by atoms with E-state index in [0.717, 1.165) is 74.8 Å². The van der Waals surface area contributed by atoms with Gasteiger partial charge in [0.1, 0.15) is 0 Å². The van der Waals surface area contributed by atoms with Gasteiger partial charge < -0.3 is 10.2 Å². The minimum atomic E-state index is -0.0341. The fourth-order valence-electron chi connectivity index (χ4n) is 6.18. The summed E-state index contributed by atoms with van der Waals surface area (Å²) in [6, 6.07) is 14.0. The second-order valence-electron chi connectivity index (χ2n) is 11.8. The molecule has 0 bridgehead atoms. The summed E-state index contributed by atoms with van der Waals surface area (Å²) >= 11 is 6.35. The first kappa shape index (κ1) is 27.8. The molecule has 1 N–H and O–H groups in total. The Morgan fingerprint density at radius 3 is 2.49 bits per heavy atom. The van der Waals surface area contributed by atoms with Gasteiger partial charge in [0.2, 0.25) is 0 Å². The number of nitrogens with zero attached hydrogens (tertiary/aromatic N) is 2. The Balaban J connectivity index is 1.09. The predicted molar refractivity (Wildman–Crippen MR) is 159 cm³/mol. The molecule has 1 amide bonds. The summed E-state index contributed by atoms with van der Waals surface area (Å²) in [4.78, 5) is 32.7. The number of hydrogen-bond donors (Lipinski definition) is 1. The van der Waals surface area contributed by atoms with Crippen LogP contribution in [-0.4, -0.2) is 47.3 Å².